The van der Waals surface area contributed by atoms with Gasteiger partial charge in [0.15, 0.2) is 0 Å². The highest BCUT2D eigenvalue weighted by atomic mass is 35.5. The van der Waals surface area contributed by atoms with Crippen LogP contribution in [0.5, 0.6) is 0 Å². The van der Waals surface area contributed by atoms with Crippen LogP contribution in [0.15, 0.2) is 60.9 Å². The minimum absolute atomic E-state index is 0.272. The molecule has 2 aromatic carbocycles. The van der Waals surface area contributed by atoms with Crippen LogP contribution in [0.4, 0.5) is 11.5 Å². The Bertz CT molecular complexity index is 900. The summed E-state index contributed by atoms with van der Waals surface area (Å²) in [6, 6.07) is 16.2. The van der Waals surface area contributed by atoms with E-state index < -0.39 is 0 Å². The quantitative estimate of drug-likeness (QED) is 0.644. The fraction of sp³-hybridized carbons (Fsp3) is 0.105. The van der Waals surface area contributed by atoms with Crippen molar-refractivity contribution < 1.29 is 4.79 Å². The standard InChI is InChI=1S/C19H16Cl2N4O/c20-14-6-4-13(5-7-14)8-9-22-18-11-17(23-12-24-18)19(26)25-16-3-1-2-15(21)10-16/h1-7,10-12H,8-9H2,(H,25,26)(H,22,23,24). The number of aromatic nitrogens is 2. The molecule has 0 saturated heterocycles. The van der Waals surface area contributed by atoms with Gasteiger partial charge in [0.2, 0.25) is 0 Å². The number of amides is 1. The van der Waals surface area contributed by atoms with Crippen LogP contribution in [0, 0.1) is 0 Å². The summed E-state index contributed by atoms with van der Waals surface area (Å²) >= 11 is 11.8. The van der Waals surface area contributed by atoms with Crippen molar-refractivity contribution in [3.8, 4) is 0 Å². The van der Waals surface area contributed by atoms with Crippen LogP contribution in [0.25, 0.3) is 0 Å². The summed E-state index contributed by atoms with van der Waals surface area (Å²) in [6.45, 7) is 0.675. The summed E-state index contributed by atoms with van der Waals surface area (Å²) in [4.78, 5) is 20.5. The number of nitrogens with zero attached hydrogens (tertiary/aromatic N) is 2. The van der Waals surface area contributed by atoms with Gasteiger partial charge >= 0.3 is 0 Å². The molecule has 7 heteroatoms. The minimum atomic E-state index is -0.324. The first-order valence-corrected chi connectivity index (χ1v) is 8.73. The molecule has 3 aromatic rings. The average molecular weight is 387 g/mol. The molecule has 0 aliphatic heterocycles. The maximum absolute atomic E-state index is 12.3. The molecule has 0 spiro atoms. The molecule has 0 unspecified atom stereocenters. The molecule has 1 amide bonds. The number of carbonyl (C=O) groups is 1. The summed E-state index contributed by atoms with van der Waals surface area (Å²) in [5, 5.41) is 7.22. The number of carbonyl (C=O) groups excluding carboxylic acids is 1. The van der Waals surface area contributed by atoms with Crippen molar-refractivity contribution in [1.29, 1.82) is 0 Å². The average Bonchev–Trinajstić information content (AvgIpc) is 2.64. The van der Waals surface area contributed by atoms with Crippen LogP contribution < -0.4 is 10.6 Å². The number of hydrogen-bond acceptors (Lipinski definition) is 4. The third-order valence-electron chi connectivity index (χ3n) is 3.62. The third kappa shape index (κ3) is 5.18. The lowest BCUT2D eigenvalue weighted by Gasteiger charge is -2.08. The molecule has 2 N–H and O–H groups in total. The van der Waals surface area contributed by atoms with E-state index in [0.717, 1.165) is 12.0 Å². The van der Waals surface area contributed by atoms with Gasteiger partial charge in [-0.25, -0.2) is 9.97 Å². The van der Waals surface area contributed by atoms with Gasteiger partial charge in [-0.2, -0.15) is 0 Å². The van der Waals surface area contributed by atoms with E-state index >= 15 is 0 Å². The van der Waals surface area contributed by atoms with Gasteiger partial charge in [0, 0.05) is 28.3 Å². The summed E-state index contributed by atoms with van der Waals surface area (Å²) in [5.74, 6) is 0.264. The van der Waals surface area contributed by atoms with Crippen molar-refractivity contribution in [1.82, 2.24) is 9.97 Å². The second-order valence-corrected chi connectivity index (χ2v) is 6.43. The van der Waals surface area contributed by atoms with Crippen LogP contribution in [0.1, 0.15) is 16.1 Å². The molecular weight excluding hydrogens is 371 g/mol. The number of anilines is 2. The SMILES string of the molecule is O=C(Nc1cccc(Cl)c1)c1cc(NCCc2ccc(Cl)cc2)ncn1. The number of hydrogen-bond donors (Lipinski definition) is 2. The van der Waals surface area contributed by atoms with E-state index in [4.69, 9.17) is 23.2 Å². The fourth-order valence-corrected chi connectivity index (χ4v) is 2.64. The van der Waals surface area contributed by atoms with Gasteiger partial charge in [-0.15, -0.1) is 0 Å². The Labute approximate surface area is 161 Å². The molecule has 0 aliphatic rings. The van der Waals surface area contributed by atoms with Crippen molar-refractivity contribution in [2.45, 2.75) is 6.42 Å². The highest BCUT2D eigenvalue weighted by Crippen LogP contribution is 2.16. The lowest BCUT2D eigenvalue weighted by molar-refractivity contribution is 0.102. The molecule has 0 atom stereocenters. The smallest absolute Gasteiger partial charge is 0.274 e. The second kappa shape index (κ2) is 8.65. The van der Waals surface area contributed by atoms with Gasteiger partial charge < -0.3 is 10.6 Å². The van der Waals surface area contributed by atoms with Crippen LogP contribution in [-0.2, 0) is 6.42 Å². The molecule has 0 fully saturated rings. The fourth-order valence-electron chi connectivity index (χ4n) is 2.33. The van der Waals surface area contributed by atoms with Gasteiger partial charge in [0.25, 0.3) is 5.91 Å². The summed E-state index contributed by atoms with van der Waals surface area (Å²) in [6.07, 6.45) is 2.17. The normalized spacial score (nSPS) is 10.4. The van der Waals surface area contributed by atoms with E-state index in [1.165, 1.54) is 6.33 Å². The second-order valence-electron chi connectivity index (χ2n) is 5.56. The molecule has 0 radical (unpaired) electrons. The maximum Gasteiger partial charge on any atom is 0.274 e. The number of rotatable bonds is 6. The molecule has 0 bridgehead atoms. The third-order valence-corrected chi connectivity index (χ3v) is 4.10. The monoisotopic (exact) mass is 386 g/mol. The lowest BCUT2D eigenvalue weighted by atomic mass is 10.1. The Morgan fingerprint density at radius 2 is 1.77 bits per heavy atom. The first kappa shape index (κ1) is 18.2. The molecule has 3 rings (SSSR count). The van der Waals surface area contributed by atoms with E-state index in [1.54, 1.807) is 30.3 Å². The Balaban J connectivity index is 1.58. The van der Waals surface area contributed by atoms with Crippen molar-refractivity contribution in [3.63, 3.8) is 0 Å². The Morgan fingerprint density at radius 3 is 2.54 bits per heavy atom. The predicted molar refractivity (Wildman–Crippen MR) is 105 cm³/mol. The van der Waals surface area contributed by atoms with Gasteiger partial charge in [-0.3, -0.25) is 4.79 Å². The summed E-state index contributed by atoms with van der Waals surface area (Å²) in [5.41, 5.74) is 2.04. The summed E-state index contributed by atoms with van der Waals surface area (Å²) < 4.78 is 0. The highest BCUT2D eigenvalue weighted by molar-refractivity contribution is 6.31. The van der Waals surface area contributed by atoms with E-state index in [0.29, 0.717) is 28.1 Å². The van der Waals surface area contributed by atoms with E-state index in [9.17, 15) is 4.79 Å². The van der Waals surface area contributed by atoms with Crippen LogP contribution in [-0.4, -0.2) is 22.4 Å². The molecule has 0 saturated carbocycles. The molecule has 0 aliphatic carbocycles. The zero-order chi connectivity index (χ0) is 18.4. The van der Waals surface area contributed by atoms with Crippen LogP contribution in [0.3, 0.4) is 0 Å². The zero-order valence-electron chi connectivity index (χ0n) is 13.7. The van der Waals surface area contributed by atoms with Gasteiger partial charge in [0.1, 0.15) is 17.8 Å². The molecule has 26 heavy (non-hydrogen) atoms. The number of benzene rings is 2. The zero-order valence-corrected chi connectivity index (χ0v) is 15.3. The van der Waals surface area contributed by atoms with Gasteiger partial charge in [-0.05, 0) is 42.3 Å². The van der Waals surface area contributed by atoms with E-state index in [2.05, 4.69) is 20.6 Å². The maximum atomic E-state index is 12.3. The van der Waals surface area contributed by atoms with Crippen molar-refractivity contribution in [2.75, 3.05) is 17.2 Å². The van der Waals surface area contributed by atoms with E-state index in [-0.39, 0.29) is 11.6 Å². The van der Waals surface area contributed by atoms with Crippen molar-refractivity contribution in [3.05, 3.63) is 82.2 Å². The molecule has 5 nitrogen and oxygen atoms in total. The van der Waals surface area contributed by atoms with Crippen molar-refractivity contribution >= 4 is 40.6 Å². The number of nitrogens with one attached hydrogen (secondary N) is 2. The Morgan fingerprint density at radius 1 is 0.962 bits per heavy atom. The number of halogens is 2. The van der Waals surface area contributed by atoms with E-state index in [1.807, 2.05) is 24.3 Å². The molecule has 132 valence electrons. The van der Waals surface area contributed by atoms with Crippen LogP contribution >= 0.6 is 23.2 Å². The van der Waals surface area contributed by atoms with Crippen LogP contribution in [0.2, 0.25) is 10.0 Å². The molecule has 1 heterocycles. The topological polar surface area (TPSA) is 66.9 Å². The highest BCUT2D eigenvalue weighted by Gasteiger charge is 2.09. The molecule has 1 aromatic heterocycles. The first-order valence-electron chi connectivity index (χ1n) is 7.97. The minimum Gasteiger partial charge on any atom is -0.370 e. The van der Waals surface area contributed by atoms with Crippen molar-refractivity contribution in [2.24, 2.45) is 0 Å². The van der Waals surface area contributed by atoms with Gasteiger partial charge in [-0.1, -0.05) is 41.4 Å². The van der Waals surface area contributed by atoms with Gasteiger partial charge in [0.05, 0.1) is 0 Å². The lowest BCUT2D eigenvalue weighted by Crippen LogP contribution is -2.15. The Hall–Kier alpha value is -2.63. The first-order chi connectivity index (χ1) is 12.6. The molecular formula is C19H16Cl2N4O. The predicted octanol–water partition coefficient (Wildman–Crippen LogP) is 4.69. The summed E-state index contributed by atoms with van der Waals surface area (Å²) in [7, 11) is 0. The largest absolute Gasteiger partial charge is 0.370 e. The Kier molecular flexibility index (Phi) is 6.04.